The number of piperidine rings is 1. The fourth-order valence-corrected chi connectivity index (χ4v) is 5.46. The number of nitrogens with one attached hydrogen (secondary N) is 1. The van der Waals surface area contributed by atoms with Gasteiger partial charge in [-0.15, -0.1) is 0 Å². The third-order valence-corrected chi connectivity index (χ3v) is 7.75. The average molecular weight is 502 g/mol. The number of carbonyl (C=O) groups is 1. The van der Waals surface area contributed by atoms with E-state index in [-0.39, 0.29) is 18.5 Å². The van der Waals surface area contributed by atoms with Crippen LogP contribution in [0.4, 0.5) is 0 Å². The van der Waals surface area contributed by atoms with Crippen LogP contribution in [0.5, 0.6) is 0 Å². The standard InChI is InChI=1S/C27H35N9O/c1-18-21-9-2-3-10-22(21)32-23(31-18)17-36-25(37)14-24(35-13-11-29-27(35)36)33-26(30-15-19-6-4-7-19)34-12-5-8-20(28)16-34/h2-3,9-10,14,19-20H,4-8,11-13,15-17,28H2,1H3,(H,30,33)/t20-/m1/s1. The predicted octanol–water partition coefficient (Wildman–Crippen LogP) is 1.96. The molecule has 10 nitrogen and oxygen atoms in total. The smallest absolute Gasteiger partial charge is 0.257 e. The van der Waals surface area contributed by atoms with E-state index in [0.29, 0.717) is 36.6 Å². The number of hydrogen-bond acceptors (Lipinski definition) is 7. The predicted molar refractivity (Wildman–Crippen MR) is 143 cm³/mol. The molecule has 4 heterocycles. The van der Waals surface area contributed by atoms with Gasteiger partial charge >= 0.3 is 0 Å². The molecular weight excluding hydrogens is 466 g/mol. The highest BCUT2D eigenvalue weighted by atomic mass is 16.2. The molecule has 1 amide bonds. The van der Waals surface area contributed by atoms with Crippen molar-refractivity contribution in [2.24, 2.45) is 21.6 Å². The fraction of sp³-hybridized carbons (Fsp3) is 0.519. The lowest BCUT2D eigenvalue weighted by Gasteiger charge is -2.37. The van der Waals surface area contributed by atoms with Gasteiger partial charge in [-0.3, -0.25) is 19.6 Å². The van der Waals surface area contributed by atoms with Gasteiger partial charge in [0.2, 0.25) is 11.9 Å². The molecule has 1 aromatic heterocycles. The van der Waals surface area contributed by atoms with Gasteiger partial charge in [0.05, 0.1) is 18.6 Å². The van der Waals surface area contributed by atoms with Crippen molar-refractivity contribution in [3.8, 4) is 0 Å². The van der Waals surface area contributed by atoms with Crippen LogP contribution in [-0.4, -0.2) is 81.3 Å². The summed E-state index contributed by atoms with van der Waals surface area (Å²) in [6.07, 6.45) is 7.51. The lowest BCUT2D eigenvalue weighted by molar-refractivity contribution is -0.123. The number of fused-ring (bicyclic) bond motifs is 2. The number of rotatable bonds is 5. The molecule has 0 bridgehead atoms. The molecule has 3 N–H and O–H groups in total. The van der Waals surface area contributed by atoms with Gasteiger partial charge in [0.15, 0.2) is 0 Å². The van der Waals surface area contributed by atoms with Crippen LogP contribution in [0.1, 0.15) is 43.6 Å². The van der Waals surface area contributed by atoms with Gasteiger partial charge in [-0.1, -0.05) is 24.6 Å². The first-order valence-corrected chi connectivity index (χ1v) is 13.5. The van der Waals surface area contributed by atoms with Gasteiger partial charge in [-0.2, -0.15) is 4.99 Å². The molecule has 2 fully saturated rings. The molecule has 1 aromatic carbocycles. The van der Waals surface area contributed by atoms with Crippen LogP contribution in [0.3, 0.4) is 0 Å². The number of carbonyl (C=O) groups excluding carboxylic acids is 1. The molecule has 1 aliphatic carbocycles. The maximum absolute atomic E-state index is 13.4. The first kappa shape index (κ1) is 23.8. The molecule has 4 aliphatic rings. The second-order valence-corrected chi connectivity index (χ2v) is 10.5. The molecule has 1 saturated carbocycles. The van der Waals surface area contributed by atoms with Crippen molar-refractivity contribution in [1.29, 1.82) is 0 Å². The second kappa shape index (κ2) is 10.1. The maximum Gasteiger partial charge on any atom is 0.257 e. The van der Waals surface area contributed by atoms with E-state index in [1.807, 2.05) is 36.1 Å². The van der Waals surface area contributed by atoms with Crippen LogP contribution < -0.4 is 11.1 Å². The van der Waals surface area contributed by atoms with E-state index in [4.69, 9.17) is 15.7 Å². The molecule has 6 rings (SSSR count). The molecule has 0 radical (unpaired) electrons. The van der Waals surface area contributed by atoms with Crippen molar-refractivity contribution >= 4 is 28.7 Å². The Morgan fingerprint density at radius 3 is 2.84 bits per heavy atom. The summed E-state index contributed by atoms with van der Waals surface area (Å²) in [4.78, 5) is 38.4. The highest BCUT2D eigenvalue weighted by Gasteiger charge is 2.35. The Kier molecular flexibility index (Phi) is 6.50. The van der Waals surface area contributed by atoms with Crippen molar-refractivity contribution in [1.82, 2.24) is 30.0 Å². The summed E-state index contributed by atoms with van der Waals surface area (Å²) in [5.41, 5.74) is 8.07. The lowest BCUT2D eigenvalue weighted by Crippen LogP contribution is -2.52. The Labute approximate surface area is 217 Å². The van der Waals surface area contributed by atoms with E-state index in [1.165, 1.54) is 19.3 Å². The molecule has 10 heteroatoms. The van der Waals surface area contributed by atoms with E-state index >= 15 is 0 Å². The average Bonchev–Trinajstić information content (AvgIpc) is 3.35. The first-order valence-electron chi connectivity index (χ1n) is 13.5. The minimum absolute atomic E-state index is 0.135. The van der Waals surface area contributed by atoms with Crippen LogP contribution in [0.25, 0.3) is 10.9 Å². The second-order valence-electron chi connectivity index (χ2n) is 10.5. The molecular formula is C27H35N9O. The summed E-state index contributed by atoms with van der Waals surface area (Å²) in [6, 6.07) is 8.07. The number of aryl methyl sites for hydroxylation is 1. The summed E-state index contributed by atoms with van der Waals surface area (Å²) < 4.78 is 0. The van der Waals surface area contributed by atoms with E-state index in [0.717, 1.165) is 55.0 Å². The third kappa shape index (κ3) is 4.90. The lowest BCUT2D eigenvalue weighted by atomic mass is 9.85. The van der Waals surface area contributed by atoms with Gasteiger partial charge in [0, 0.05) is 49.4 Å². The van der Waals surface area contributed by atoms with Crippen LogP contribution >= 0.6 is 0 Å². The minimum atomic E-state index is -0.154. The SMILES string of the molecule is Cc1nc(CN2C(=O)C=C(/N=C(\NCC3CCC3)N3CCC[C@@H](N)C3)N3CCN=C23)nc2ccccc12. The number of likely N-dealkylation sites (tertiary alicyclic amines) is 1. The number of para-hydroxylation sites is 1. The first-order chi connectivity index (χ1) is 18.0. The number of hydrogen-bond donors (Lipinski definition) is 2. The Morgan fingerprint density at radius 2 is 2.03 bits per heavy atom. The quantitative estimate of drug-likeness (QED) is 0.475. The molecule has 194 valence electrons. The topological polar surface area (TPSA) is 115 Å². The monoisotopic (exact) mass is 501 g/mol. The summed E-state index contributed by atoms with van der Waals surface area (Å²) in [5.74, 6) is 3.20. The van der Waals surface area contributed by atoms with Crippen molar-refractivity contribution in [3.05, 3.63) is 47.7 Å². The van der Waals surface area contributed by atoms with Crippen molar-refractivity contribution in [2.75, 3.05) is 32.7 Å². The number of guanidine groups is 2. The Bertz CT molecular complexity index is 1280. The van der Waals surface area contributed by atoms with Gasteiger partial charge in [-0.25, -0.2) is 9.97 Å². The number of benzene rings is 1. The number of nitrogens with two attached hydrogens (primary N) is 1. The van der Waals surface area contributed by atoms with E-state index in [1.54, 1.807) is 11.0 Å². The molecule has 1 atom stereocenters. The van der Waals surface area contributed by atoms with E-state index < -0.39 is 0 Å². The van der Waals surface area contributed by atoms with Crippen LogP contribution in [0.2, 0.25) is 0 Å². The largest absolute Gasteiger partial charge is 0.356 e. The minimum Gasteiger partial charge on any atom is -0.356 e. The van der Waals surface area contributed by atoms with Crippen molar-refractivity contribution < 1.29 is 4.79 Å². The molecule has 0 unspecified atom stereocenters. The Hall–Kier alpha value is -3.53. The van der Waals surface area contributed by atoms with E-state index in [9.17, 15) is 4.79 Å². The van der Waals surface area contributed by atoms with E-state index in [2.05, 4.69) is 20.2 Å². The van der Waals surface area contributed by atoms with Crippen LogP contribution in [-0.2, 0) is 11.3 Å². The van der Waals surface area contributed by atoms with Gasteiger partial charge in [-0.05, 0) is 44.6 Å². The van der Waals surface area contributed by atoms with Crippen LogP contribution in [0, 0.1) is 12.8 Å². The zero-order valence-corrected chi connectivity index (χ0v) is 21.4. The van der Waals surface area contributed by atoms with Gasteiger partial charge < -0.3 is 16.0 Å². The fourth-order valence-electron chi connectivity index (χ4n) is 5.46. The maximum atomic E-state index is 13.4. The van der Waals surface area contributed by atoms with Gasteiger partial charge in [0.25, 0.3) is 5.91 Å². The summed E-state index contributed by atoms with van der Waals surface area (Å²) in [7, 11) is 0. The molecule has 37 heavy (non-hydrogen) atoms. The summed E-state index contributed by atoms with van der Waals surface area (Å²) in [6.45, 7) is 6.12. The normalized spacial score (nSPS) is 22.6. The Morgan fingerprint density at radius 1 is 1.16 bits per heavy atom. The molecule has 2 aromatic rings. The highest BCUT2D eigenvalue weighted by molar-refractivity contribution is 6.06. The summed E-state index contributed by atoms with van der Waals surface area (Å²) in [5, 5.41) is 4.62. The third-order valence-electron chi connectivity index (χ3n) is 7.75. The number of aliphatic imine (C=N–C) groups is 2. The van der Waals surface area contributed by atoms with Crippen molar-refractivity contribution in [2.45, 2.75) is 51.6 Å². The zero-order chi connectivity index (χ0) is 25.4. The van der Waals surface area contributed by atoms with Gasteiger partial charge in [0.1, 0.15) is 11.6 Å². The highest BCUT2D eigenvalue weighted by Crippen LogP contribution is 2.26. The van der Waals surface area contributed by atoms with Crippen molar-refractivity contribution in [3.63, 3.8) is 0 Å². The molecule has 3 aliphatic heterocycles. The molecule has 1 saturated heterocycles. The number of aromatic nitrogens is 2. The number of amides is 1. The zero-order valence-electron chi connectivity index (χ0n) is 21.4. The number of nitrogens with zero attached hydrogens (tertiary/aromatic N) is 7. The molecule has 0 spiro atoms. The van der Waals surface area contributed by atoms with Crippen LogP contribution in [0.15, 0.2) is 46.1 Å². The summed E-state index contributed by atoms with van der Waals surface area (Å²) >= 11 is 0. The Balaban J connectivity index is 1.27.